The van der Waals surface area contributed by atoms with Gasteiger partial charge in [0, 0.05) is 11.8 Å². The molecule has 1 unspecified atom stereocenters. The Labute approximate surface area is 78.1 Å². The van der Waals surface area contributed by atoms with Crippen molar-refractivity contribution in [3.8, 4) is 0 Å². The van der Waals surface area contributed by atoms with Crippen LogP contribution in [0.2, 0.25) is 0 Å². The molecule has 0 aromatic heterocycles. The van der Waals surface area contributed by atoms with Crippen LogP contribution in [0.4, 0.5) is 0 Å². The maximum Gasteiger partial charge on any atom is 0.207 e. The molecule has 0 aromatic carbocycles. The van der Waals surface area contributed by atoms with Gasteiger partial charge in [0.2, 0.25) is 6.41 Å². The molecule has 0 aliphatic carbocycles. The van der Waals surface area contributed by atoms with Gasteiger partial charge in [-0.25, -0.2) is 0 Å². The van der Waals surface area contributed by atoms with E-state index in [9.17, 15) is 4.79 Å². The van der Waals surface area contributed by atoms with E-state index in [0.29, 0.717) is 18.9 Å². The lowest BCUT2D eigenvalue weighted by Gasteiger charge is -2.14. The monoisotopic (exact) mass is 191 g/mol. The Bertz CT molecular complexity index is 120. The molecule has 0 heterocycles. The second-order valence-corrected chi connectivity index (χ2v) is 4.10. The summed E-state index contributed by atoms with van der Waals surface area (Å²) >= 11 is 0.893. The van der Waals surface area contributed by atoms with Crippen LogP contribution in [0.1, 0.15) is 26.7 Å². The molecule has 0 fully saturated rings. The zero-order chi connectivity index (χ0) is 9.40. The fourth-order valence-electron chi connectivity index (χ4n) is 1.04. The summed E-state index contributed by atoms with van der Waals surface area (Å²) in [6.45, 7) is 4.89. The summed E-state index contributed by atoms with van der Waals surface area (Å²) in [5, 5.41) is 2.83. The lowest BCUT2D eigenvalue weighted by molar-refractivity contribution is -0.109. The summed E-state index contributed by atoms with van der Waals surface area (Å²) in [6, 6.07) is 0. The van der Waals surface area contributed by atoms with Gasteiger partial charge in [-0.1, -0.05) is 13.8 Å². The molecule has 12 heavy (non-hydrogen) atoms. The van der Waals surface area contributed by atoms with Crippen LogP contribution in [-0.2, 0) is 4.79 Å². The largest absolute Gasteiger partial charge is 0.359 e. The summed E-state index contributed by atoms with van der Waals surface area (Å²) in [4.78, 5) is 9.92. The van der Waals surface area contributed by atoms with E-state index in [1.165, 1.54) is 0 Å². The molecular weight excluding hydrogens is 174 g/mol. The zero-order valence-electron chi connectivity index (χ0n) is 7.62. The molecule has 0 rings (SSSR count). The minimum atomic E-state index is 0.248. The highest BCUT2D eigenvalue weighted by atomic mass is 32.2. The second kappa shape index (κ2) is 7.43. The molecule has 0 aromatic rings. The quantitative estimate of drug-likeness (QED) is 0.366. The number of hydrogen-bond donors (Lipinski definition) is 2. The van der Waals surface area contributed by atoms with Crippen LogP contribution in [0.3, 0.4) is 0 Å². The minimum absolute atomic E-state index is 0.248. The van der Waals surface area contributed by atoms with Crippen molar-refractivity contribution in [1.82, 2.24) is 5.32 Å². The molecule has 0 aliphatic heterocycles. The molecule has 0 bridgehead atoms. The number of carbonyl (C=O) groups excluding carboxylic acids is 1. The van der Waals surface area contributed by atoms with Gasteiger partial charge in [0.05, 0.1) is 0 Å². The van der Waals surface area contributed by atoms with Gasteiger partial charge >= 0.3 is 0 Å². The maximum absolute atomic E-state index is 9.92. The van der Waals surface area contributed by atoms with Crippen LogP contribution in [-0.4, -0.2) is 22.8 Å². The van der Waals surface area contributed by atoms with Crippen molar-refractivity contribution in [2.45, 2.75) is 31.9 Å². The predicted octanol–water partition coefficient (Wildman–Crippen LogP) is 1.74. The molecule has 1 atom stereocenters. The van der Waals surface area contributed by atoms with Crippen molar-refractivity contribution in [3.63, 3.8) is 0 Å². The van der Waals surface area contributed by atoms with E-state index in [4.69, 9.17) is 4.55 Å². The first-order valence-electron chi connectivity index (χ1n) is 4.18. The van der Waals surface area contributed by atoms with Gasteiger partial charge in [0.1, 0.15) is 0 Å². The van der Waals surface area contributed by atoms with Crippen LogP contribution in [0.5, 0.6) is 0 Å². The number of nitrogens with one attached hydrogen (secondary N) is 1. The van der Waals surface area contributed by atoms with Gasteiger partial charge in [-0.3, -0.25) is 4.79 Å². The second-order valence-electron chi connectivity index (χ2n) is 3.22. The first-order chi connectivity index (χ1) is 5.70. The lowest BCUT2D eigenvalue weighted by Crippen LogP contribution is -2.18. The fraction of sp³-hybridized carbons (Fsp3) is 0.875. The summed E-state index contributed by atoms with van der Waals surface area (Å²) in [5.41, 5.74) is 0. The molecule has 0 saturated heterocycles. The van der Waals surface area contributed by atoms with Gasteiger partial charge in [-0.15, -0.1) is 0 Å². The number of amides is 1. The molecular formula is C8H17NO2S. The Morgan fingerprint density at radius 1 is 1.58 bits per heavy atom. The third-order valence-corrected chi connectivity index (χ3v) is 2.30. The first kappa shape index (κ1) is 11.8. The van der Waals surface area contributed by atoms with Crippen molar-refractivity contribution >= 4 is 18.5 Å². The van der Waals surface area contributed by atoms with Crippen molar-refractivity contribution in [1.29, 1.82) is 0 Å². The predicted molar refractivity (Wildman–Crippen MR) is 52.1 cm³/mol. The zero-order valence-corrected chi connectivity index (χ0v) is 8.43. The topological polar surface area (TPSA) is 49.3 Å². The smallest absolute Gasteiger partial charge is 0.207 e. The van der Waals surface area contributed by atoms with Crippen molar-refractivity contribution in [3.05, 3.63) is 0 Å². The molecule has 2 N–H and O–H groups in total. The van der Waals surface area contributed by atoms with Gasteiger partial charge in [0.15, 0.2) is 0 Å². The molecule has 72 valence electrons. The fourth-order valence-corrected chi connectivity index (χ4v) is 1.74. The van der Waals surface area contributed by atoms with Crippen LogP contribution in [0.25, 0.3) is 0 Å². The third kappa shape index (κ3) is 6.49. The van der Waals surface area contributed by atoms with Gasteiger partial charge in [-0.2, -0.15) is 0 Å². The summed E-state index contributed by atoms with van der Waals surface area (Å²) in [5.74, 6) is 0.589. The number of rotatable bonds is 7. The Kier molecular flexibility index (Phi) is 7.29. The van der Waals surface area contributed by atoms with Crippen LogP contribution < -0.4 is 5.32 Å². The normalized spacial score (nSPS) is 13.0. The molecule has 0 radical (unpaired) electrons. The van der Waals surface area contributed by atoms with E-state index in [-0.39, 0.29) is 5.25 Å². The van der Waals surface area contributed by atoms with Crippen LogP contribution in [0, 0.1) is 5.92 Å². The minimum Gasteiger partial charge on any atom is -0.359 e. The number of carbonyl (C=O) groups is 1. The Morgan fingerprint density at radius 3 is 2.67 bits per heavy atom. The highest BCUT2D eigenvalue weighted by molar-refractivity contribution is 7.94. The molecule has 0 saturated carbocycles. The van der Waals surface area contributed by atoms with Gasteiger partial charge in [0.25, 0.3) is 0 Å². The highest BCUT2D eigenvalue weighted by Gasteiger charge is 2.09. The molecule has 1 amide bonds. The van der Waals surface area contributed by atoms with Crippen LogP contribution >= 0.6 is 12.0 Å². The summed E-state index contributed by atoms with van der Waals surface area (Å²) in [7, 11) is 0. The third-order valence-electron chi connectivity index (χ3n) is 1.58. The first-order valence-corrected chi connectivity index (χ1v) is 5.01. The van der Waals surface area contributed by atoms with E-state index in [1.807, 2.05) is 0 Å². The van der Waals surface area contributed by atoms with Crippen molar-refractivity contribution in [2.75, 3.05) is 6.54 Å². The highest BCUT2D eigenvalue weighted by Crippen LogP contribution is 2.18. The van der Waals surface area contributed by atoms with E-state index < -0.39 is 0 Å². The van der Waals surface area contributed by atoms with E-state index in [2.05, 4.69) is 19.2 Å². The van der Waals surface area contributed by atoms with Gasteiger partial charge in [-0.05, 0) is 30.8 Å². The Balaban J connectivity index is 3.45. The van der Waals surface area contributed by atoms with Crippen LogP contribution in [0.15, 0.2) is 0 Å². The maximum atomic E-state index is 9.92. The summed E-state index contributed by atoms with van der Waals surface area (Å²) in [6.07, 6.45) is 2.51. The average Bonchev–Trinajstić information content (AvgIpc) is 2.02. The van der Waals surface area contributed by atoms with Crippen molar-refractivity contribution < 1.29 is 9.35 Å². The molecule has 3 nitrogen and oxygen atoms in total. The lowest BCUT2D eigenvalue weighted by atomic mass is 10.1. The van der Waals surface area contributed by atoms with E-state index >= 15 is 0 Å². The molecule has 0 spiro atoms. The van der Waals surface area contributed by atoms with E-state index in [1.54, 1.807) is 0 Å². The SMILES string of the molecule is CC(C)CC(CCNC=O)SO. The molecule has 0 aliphatic rings. The Morgan fingerprint density at radius 2 is 2.25 bits per heavy atom. The van der Waals surface area contributed by atoms with Crippen molar-refractivity contribution in [2.24, 2.45) is 5.92 Å². The Hall–Kier alpha value is -0.220. The van der Waals surface area contributed by atoms with Gasteiger partial charge < -0.3 is 9.87 Å². The summed E-state index contributed by atoms with van der Waals surface area (Å²) < 4.78 is 8.87. The molecule has 4 heteroatoms. The standard InChI is InChI=1S/C8H17NO2S/c1-7(2)5-8(12-11)3-4-9-6-10/h6-8,11H,3-5H2,1-2H3,(H,9,10). The average molecular weight is 191 g/mol. The number of hydrogen-bond acceptors (Lipinski definition) is 3. The van der Waals surface area contributed by atoms with E-state index in [0.717, 1.165) is 24.9 Å².